The molecule has 1 rings (SSSR count). The van der Waals surface area contributed by atoms with E-state index in [4.69, 9.17) is 5.73 Å². The average molecular weight is 299 g/mol. The van der Waals surface area contributed by atoms with Crippen molar-refractivity contribution in [3.8, 4) is 0 Å². The number of aliphatic imine (C=N–C) groups is 1. The van der Waals surface area contributed by atoms with Gasteiger partial charge < -0.3 is 11.1 Å². The molecule has 3 N–H and O–H groups in total. The maximum Gasteiger partial charge on any atom is 0.419 e. The number of nitrogens with zero attached hydrogens (tertiary/aromatic N) is 1. The van der Waals surface area contributed by atoms with Crippen molar-refractivity contribution >= 4 is 17.4 Å². The molecule has 4 nitrogen and oxygen atoms in total. The molecule has 0 fully saturated rings. The minimum Gasteiger partial charge on any atom is -0.383 e. The van der Waals surface area contributed by atoms with Gasteiger partial charge in [-0.15, -0.1) is 0 Å². The van der Waals surface area contributed by atoms with Gasteiger partial charge in [-0.25, -0.2) is 4.99 Å². The molecule has 114 valence electrons. The summed E-state index contributed by atoms with van der Waals surface area (Å²) in [5.74, 6) is -1.12. The third-order valence-corrected chi connectivity index (χ3v) is 2.81. The molecule has 0 aromatic heterocycles. The number of nitrogens with two attached hydrogens (primary N) is 1. The zero-order valence-corrected chi connectivity index (χ0v) is 11.9. The van der Waals surface area contributed by atoms with Gasteiger partial charge in [0.1, 0.15) is 5.84 Å². The van der Waals surface area contributed by atoms with E-state index in [1.54, 1.807) is 19.1 Å². The first-order valence-corrected chi connectivity index (χ1v) is 6.12. The number of carbonyl (C=O) groups is 1. The van der Waals surface area contributed by atoms with E-state index in [-0.39, 0.29) is 11.3 Å². The van der Waals surface area contributed by atoms with Crippen LogP contribution in [0.1, 0.15) is 22.8 Å². The smallest absolute Gasteiger partial charge is 0.383 e. The summed E-state index contributed by atoms with van der Waals surface area (Å²) in [5, 5.41) is 2.41. The van der Waals surface area contributed by atoms with Gasteiger partial charge in [0.15, 0.2) is 0 Å². The number of amidine groups is 1. The van der Waals surface area contributed by atoms with Gasteiger partial charge in [0, 0.05) is 7.05 Å². The highest BCUT2D eigenvalue weighted by atomic mass is 19.4. The summed E-state index contributed by atoms with van der Waals surface area (Å²) in [6.07, 6.45) is -3.76. The Morgan fingerprint density at radius 2 is 2.00 bits per heavy atom. The Labute approximate surface area is 120 Å². The van der Waals surface area contributed by atoms with Gasteiger partial charge in [-0.05, 0) is 25.5 Å². The van der Waals surface area contributed by atoms with Crippen LogP contribution < -0.4 is 11.1 Å². The van der Waals surface area contributed by atoms with E-state index in [2.05, 4.69) is 10.3 Å². The maximum atomic E-state index is 12.8. The number of carbonyl (C=O) groups excluding carboxylic acids is 1. The van der Waals surface area contributed by atoms with Crippen molar-refractivity contribution < 1.29 is 18.0 Å². The Kier molecular flexibility index (Phi) is 5.12. The molecular formula is C14H16F3N3O. The monoisotopic (exact) mass is 299 g/mol. The highest BCUT2D eigenvalue weighted by molar-refractivity contribution is 6.04. The van der Waals surface area contributed by atoms with Crippen molar-refractivity contribution in [2.24, 2.45) is 10.7 Å². The van der Waals surface area contributed by atoms with Crippen LogP contribution in [0.25, 0.3) is 0 Å². The second-order valence-corrected chi connectivity index (χ2v) is 4.25. The largest absolute Gasteiger partial charge is 0.419 e. The normalized spacial score (nSPS) is 13.2. The predicted molar refractivity (Wildman–Crippen MR) is 75.7 cm³/mol. The molecule has 0 aliphatic carbocycles. The molecule has 0 spiro atoms. The van der Waals surface area contributed by atoms with Crippen molar-refractivity contribution in [3.05, 3.63) is 41.0 Å². The van der Waals surface area contributed by atoms with Crippen molar-refractivity contribution in [2.75, 3.05) is 7.05 Å². The highest BCUT2D eigenvalue weighted by Gasteiger charge is 2.35. The number of aryl methyl sites for hydroxylation is 1. The average Bonchev–Trinajstić information content (AvgIpc) is 2.39. The number of para-hydroxylation sites is 1. The fourth-order valence-corrected chi connectivity index (χ4v) is 1.76. The maximum absolute atomic E-state index is 12.8. The number of hydrogen-bond donors (Lipinski definition) is 2. The fraction of sp³-hybridized carbons (Fsp3) is 0.286. The van der Waals surface area contributed by atoms with E-state index in [9.17, 15) is 18.0 Å². The third-order valence-electron chi connectivity index (χ3n) is 2.81. The number of hydrogen-bond acceptors (Lipinski definition) is 2. The van der Waals surface area contributed by atoms with Crippen LogP contribution in [0.5, 0.6) is 0 Å². The Morgan fingerprint density at radius 1 is 1.38 bits per heavy atom. The molecular weight excluding hydrogens is 283 g/mol. The van der Waals surface area contributed by atoms with Crippen molar-refractivity contribution in [1.29, 1.82) is 0 Å². The number of allylic oxidation sites excluding steroid dienone is 1. The molecule has 0 aliphatic rings. The lowest BCUT2D eigenvalue weighted by Gasteiger charge is -2.12. The van der Waals surface area contributed by atoms with Crippen molar-refractivity contribution in [2.45, 2.75) is 20.0 Å². The van der Waals surface area contributed by atoms with Gasteiger partial charge in [-0.1, -0.05) is 18.2 Å². The summed E-state index contributed by atoms with van der Waals surface area (Å²) in [6, 6.07) is 4.73. The molecule has 0 radical (unpaired) electrons. The van der Waals surface area contributed by atoms with Crippen LogP contribution in [0.2, 0.25) is 0 Å². The molecule has 0 atom stereocenters. The zero-order chi connectivity index (χ0) is 16.2. The first kappa shape index (κ1) is 16.7. The van der Waals surface area contributed by atoms with Gasteiger partial charge in [0.05, 0.1) is 16.8 Å². The molecule has 7 heteroatoms. The van der Waals surface area contributed by atoms with Gasteiger partial charge in [0.25, 0.3) is 5.91 Å². The van der Waals surface area contributed by atoms with E-state index < -0.39 is 23.5 Å². The quantitative estimate of drug-likeness (QED) is 0.665. The Bertz CT molecular complexity index is 604. The summed E-state index contributed by atoms with van der Waals surface area (Å²) in [7, 11) is 1.43. The van der Waals surface area contributed by atoms with Crippen molar-refractivity contribution in [3.63, 3.8) is 0 Å². The number of nitrogens with one attached hydrogen (secondary N) is 1. The van der Waals surface area contributed by atoms with Crippen LogP contribution in [0, 0.1) is 6.92 Å². The molecule has 1 amide bonds. The number of rotatable bonds is 3. The van der Waals surface area contributed by atoms with Gasteiger partial charge in [0.2, 0.25) is 0 Å². The lowest BCUT2D eigenvalue weighted by Crippen LogP contribution is -2.26. The van der Waals surface area contributed by atoms with Gasteiger partial charge in [-0.3, -0.25) is 4.79 Å². The van der Waals surface area contributed by atoms with Crippen LogP contribution in [0.3, 0.4) is 0 Å². The number of benzene rings is 1. The lowest BCUT2D eigenvalue weighted by atomic mass is 10.1. The second kappa shape index (κ2) is 6.43. The van der Waals surface area contributed by atoms with Crippen LogP contribution in [0.15, 0.2) is 34.8 Å². The van der Waals surface area contributed by atoms with Crippen LogP contribution in [-0.2, 0) is 0 Å². The van der Waals surface area contributed by atoms with E-state index in [1.807, 2.05) is 0 Å². The van der Waals surface area contributed by atoms with Crippen LogP contribution in [0.4, 0.5) is 18.9 Å². The van der Waals surface area contributed by atoms with E-state index >= 15 is 0 Å². The molecule has 0 unspecified atom stereocenters. The Morgan fingerprint density at radius 3 is 2.48 bits per heavy atom. The Hall–Kier alpha value is -2.31. The molecule has 21 heavy (non-hydrogen) atoms. The minimum atomic E-state index is -4.60. The first-order chi connectivity index (χ1) is 9.72. The number of amides is 1. The number of halogens is 3. The SMILES string of the molecule is C/C=C(\C(N)=Nc1c(C)cccc1C(=O)NC)C(F)(F)F. The van der Waals surface area contributed by atoms with Gasteiger partial charge in [-0.2, -0.15) is 13.2 Å². The lowest BCUT2D eigenvalue weighted by molar-refractivity contribution is -0.0862. The topological polar surface area (TPSA) is 67.5 Å². The molecule has 1 aromatic carbocycles. The second-order valence-electron chi connectivity index (χ2n) is 4.25. The third kappa shape index (κ3) is 3.84. The minimum absolute atomic E-state index is 0.123. The summed E-state index contributed by atoms with van der Waals surface area (Å²) in [5.41, 5.74) is 5.26. The standard InChI is InChI=1S/C14H16F3N3O/c1-4-10(14(15,16)17)12(18)20-11-8(2)6-5-7-9(11)13(21)19-3/h4-7H,1-3H3,(H2,18,20)(H,19,21)/b10-4+. The number of alkyl halides is 3. The van der Waals surface area contributed by atoms with Crippen LogP contribution >= 0.6 is 0 Å². The van der Waals surface area contributed by atoms with E-state index in [0.29, 0.717) is 5.56 Å². The zero-order valence-electron chi connectivity index (χ0n) is 11.9. The summed E-state index contributed by atoms with van der Waals surface area (Å²) in [4.78, 5) is 15.6. The van der Waals surface area contributed by atoms with Crippen LogP contribution in [-0.4, -0.2) is 25.0 Å². The van der Waals surface area contributed by atoms with E-state index in [1.165, 1.54) is 20.0 Å². The van der Waals surface area contributed by atoms with Gasteiger partial charge >= 0.3 is 6.18 Å². The molecule has 0 saturated heterocycles. The molecule has 1 aromatic rings. The predicted octanol–water partition coefficient (Wildman–Crippen LogP) is 2.85. The highest BCUT2D eigenvalue weighted by Crippen LogP contribution is 2.29. The summed E-state index contributed by atoms with van der Waals surface area (Å²) in [6.45, 7) is 2.87. The molecule has 0 saturated carbocycles. The summed E-state index contributed by atoms with van der Waals surface area (Å²) >= 11 is 0. The fourth-order valence-electron chi connectivity index (χ4n) is 1.76. The molecule has 0 heterocycles. The van der Waals surface area contributed by atoms with E-state index in [0.717, 1.165) is 6.08 Å². The first-order valence-electron chi connectivity index (χ1n) is 6.12. The Balaban J connectivity index is 3.42. The molecule has 0 aliphatic heterocycles. The van der Waals surface area contributed by atoms with Crippen molar-refractivity contribution in [1.82, 2.24) is 5.32 Å². The summed E-state index contributed by atoms with van der Waals surface area (Å²) < 4.78 is 38.4. The molecule has 0 bridgehead atoms.